The lowest BCUT2D eigenvalue weighted by molar-refractivity contribution is 0.0461. The van der Waals surface area contributed by atoms with E-state index >= 15 is 0 Å². The molecule has 1 amide bonds. The van der Waals surface area contributed by atoms with Crippen LogP contribution in [0.5, 0.6) is 0 Å². The maximum Gasteiger partial charge on any atom is 0.409 e. The standard InChI is InChI=1S/C11H22N2O3/c1-2-16-11(15)13-7-4-9(5-8-13)10(14)3-6-12/h9-10,14H,2-8,12H2,1H3. The van der Waals surface area contributed by atoms with E-state index in [4.69, 9.17) is 10.5 Å². The molecule has 0 aromatic heterocycles. The maximum atomic E-state index is 11.4. The molecule has 0 aromatic rings. The Hall–Kier alpha value is -0.810. The Labute approximate surface area is 96.6 Å². The van der Waals surface area contributed by atoms with Crippen LogP contribution in [0.2, 0.25) is 0 Å². The molecule has 0 aromatic carbocycles. The molecule has 1 heterocycles. The number of nitrogens with zero attached hydrogens (tertiary/aromatic N) is 1. The largest absolute Gasteiger partial charge is 0.450 e. The van der Waals surface area contributed by atoms with Crippen molar-refractivity contribution < 1.29 is 14.6 Å². The molecule has 1 saturated heterocycles. The first-order chi connectivity index (χ1) is 7.69. The topological polar surface area (TPSA) is 75.8 Å². The zero-order valence-electron chi connectivity index (χ0n) is 9.89. The molecule has 5 heteroatoms. The molecule has 0 bridgehead atoms. The van der Waals surface area contributed by atoms with Gasteiger partial charge in [-0.3, -0.25) is 0 Å². The fraction of sp³-hybridized carbons (Fsp3) is 0.909. The fourth-order valence-corrected chi connectivity index (χ4v) is 2.09. The lowest BCUT2D eigenvalue weighted by Crippen LogP contribution is -2.41. The zero-order chi connectivity index (χ0) is 12.0. The van der Waals surface area contributed by atoms with Crippen LogP contribution >= 0.6 is 0 Å². The van der Waals surface area contributed by atoms with Crippen molar-refractivity contribution in [2.24, 2.45) is 11.7 Å². The molecule has 0 saturated carbocycles. The van der Waals surface area contributed by atoms with Crippen molar-refractivity contribution >= 4 is 6.09 Å². The summed E-state index contributed by atoms with van der Waals surface area (Å²) in [5, 5.41) is 9.79. The van der Waals surface area contributed by atoms with Crippen molar-refractivity contribution in [2.45, 2.75) is 32.3 Å². The number of hydrogen-bond acceptors (Lipinski definition) is 4. The van der Waals surface area contributed by atoms with Crippen molar-refractivity contribution in [3.8, 4) is 0 Å². The number of aliphatic hydroxyl groups is 1. The van der Waals surface area contributed by atoms with Gasteiger partial charge in [0.15, 0.2) is 0 Å². The number of rotatable bonds is 4. The summed E-state index contributed by atoms with van der Waals surface area (Å²) in [7, 11) is 0. The predicted octanol–water partition coefficient (Wildman–Crippen LogP) is 0.565. The van der Waals surface area contributed by atoms with Gasteiger partial charge in [-0.2, -0.15) is 0 Å². The molecular formula is C11H22N2O3. The number of carbonyl (C=O) groups is 1. The van der Waals surface area contributed by atoms with E-state index < -0.39 is 0 Å². The quantitative estimate of drug-likeness (QED) is 0.740. The minimum Gasteiger partial charge on any atom is -0.450 e. The van der Waals surface area contributed by atoms with Crippen LogP contribution in [0.25, 0.3) is 0 Å². The highest BCUT2D eigenvalue weighted by atomic mass is 16.6. The average molecular weight is 230 g/mol. The second-order valence-electron chi connectivity index (χ2n) is 4.17. The third-order valence-electron chi connectivity index (χ3n) is 3.07. The van der Waals surface area contributed by atoms with Gasteiger partial charge in [-0.05, 0) is 38.6 Å². The maximum absolute atomic E-state index is 11.4. The summed E-state index contributed by atoms with van der Waals surface area (Å²) in [6.45, 7) is 4.07. The van der Waals surface area contributed by atoms with E-state index in [9.17, 15) is 9.90 Å². The molecule has 94 valence electrons. The van der Waals surface area contributed by atoms with Gasteiger partial charge in [-0.25, -0.2) is 4.79 Å². The first kappa shape index (κ1) is 13.3. The van der Waals surface area contributed by atoms with E-state index in [1.165, 1.54) is 0 Å². The molecule has 1 aliphatic heterocycles. The summed E-state index contributed by atoms with van der Waals surface area (Å²) in [5.74, 6) is 0.272. The van der Waals surface area contributed by atoms with E-state index in [0.29, 0.717) is 32.7 Å². The lowest BCUT2D eigenvalue weighted by atomic mass is 9.90. The Bertz CT molecular complexity index is 215. The van der Waals surface area contributed by atoms with Gasteiger partial charge in [-0.15, -0.1) is 0 Å². The molecule has 0 aliphatic carbocycles. The number of ether oxygens (including phenoxy) is 1. The molecule has 1 atom stereocenters. The summed E-state index contributed by atoms with van der Waals surface area (Å²) in [4.78, 5) is 13.1. The van der Waals surface area contributed by atoms with Gasteiger partial charge < -0.3 is 20.5 Å². The SMILES string of the molecule is CCOC(=O)N1CCC(C(O)CCN)CC1. The fourth-order valence-electron chi connectivity index (χ4n) is 2.09. The van der Waals surface area contributed by atoms with Crippen molar-refractivity contribution in [3.05, 3.63) is 0 Å². The molecule has 0 radical (unpaired) electrons. The summed E-state index contributed by atoms with van der Waals surface area (Å²) < 4.78 is 4.93. The molecule has 1 fully saturated rings. The van der Waals surface area contributed by atoms with Crippen LogP contribution in [-0.2, 0) is 4.74 Å². The monoisotopic (exact) mass is 230 g/mol. The first-order valence-corrected chi connectivity index (χ1v) is 5.98. The Balaban J connectivity index is 2.30. The number of aliphatic hydroxyl groups excluding tert-OH is 1. The van der Waals surface area contributed by atoms with Crippen molar-refractivity contribution in [1.29, 1.82) is 0 Å². The normalized spacial score (nSPS) is 19.6. The molecule has 1 rings (SSSR count). The molecule has 16 heavy (non-hydrogen) atoms. The van der Waals surface area contributed by atoms with Crippen LogP contribution < -0.4 is 5.73 Å². The van der Waals surface area contributed by atoms with Crippen molar-refractivity contribution in [1.82, 2.24) is 4.90 Å². The van der Waals surface area contributed by atoms with Gasteiger partial charge in [0, 0.05) is 13.1 Å². The molecule has 1 unspecified atom stereocenters. The Morgan fingerprint density at radius 3 is 2.69 bits per heavy atom. The number of likely N-dealkylation sites (tertiary alicyclic amines) is 1. The van der Waals surface area contributed by atoms with E-state index in [1.807, 2.05) is 0 Å². The van der Waals surface area contributed by atoms with Gasteiger partial charge in [0.25, 0.3) is 0 Å². The lowest BCUT2D eigenvalue weighted by Gasteiger charge is -2.33. The second-order valence-corrected chi connectivity index (χ2v) is 4.17. The average Bonchev–Trinajstić information content (AvgIpc) is 2.30. The summed E-state index contributed by atoms with van der Waals surface area (Å²) >= 11 is 0. The highest BCUT2D eigenvalue weighted by Crippen LogP contribution is 2.22. The van der Waals surface area contributed by atoms with Gasteiger partial charge in [-0.1, -0.05) is 0 Å². The third kappa shape index (κ3) is 3.64. The highest BCUT2D eigenvalue weighted by Gasteiger charge is 2.27. The van der Waals surface area contributed by atoms with Gasteiger partial charge in [0.1, 0.15) is 0 Å². The third-order valence-corrected chi connectivity index (χ3v) is 3.07. The summed E-state index contributed by atoms with van der Waals surface area (Å²) in [5.41, 5.74) is 5.41. The number of carbonyl (C=O) groups excluding carboxylic acids is 1. The summed E-state index contributed by atoms with van der Waals surface area (Å²) in [6, 6.07) is 0. The summed E-state index contributed by atoms with van der Waals surface area (Å²) in [6.07, 6.45) is 1.74. The number of nitrogens with two attached hydrogens (primary N) is 1. The van der Waals surface area contributed by atoms with Crippen LogP contribution in [0.1, 0.15) is 26.2 Å². The van der Waals surface area contributed by atoms with Gasteiger partial charge in [0.2, 0.25) is 0 Å². The van der Waals surface area contributed by atoms with Crippen molar-refractivity contribution in [2.75, 3.05) is 26.2 Å². The molecule has 1 aliphatic rings. The number of amides is 1. The van der Waals surface area contributed by atoms with Gasteiger partial charge >= 0.3 is 6.09 Å². The van der Waals surface area contributed by atoms with E-state index in [0.717, 1.165) is 12.8 Å². The van der Waals surface area contributed by atoms with Gasteiger partial charge in [0.05, 0.1) is 12.7 Å². The minimum atomic E-state index is -0.325. The second kappa shape index (κ2) is 6.70. The van der Waals surface area contributed by atoms with E-state index in [-0.39, 0.29) is 18.1 Å². The van der Waals surface area contributed by atoms with Crippen LogP contribution in [-0.4, -0.2) is 48.4 Å². The Morgan fingerprint density at radius 1 is 1.56 bits per heavy atom. The van der Waals surface area contributed by atoms with Crippen LogP contribution in [0.3, 0.4) is 0 Å². The first-order valence-electron chi connectivity index (χ1n) is 5.98. The molecule has 5 nitrogen and oxygen atoms in total. The highest BCUT2D eigenvalue weighted by molar-refractivity contribution is 5.67. The Kier molecular flexibility index (Phi) is 5.55. The minimum absolute atomic E-state index is 0.241. The molecule has 0 spiro atoms. The predicted molar refractivity (Wildman–Crippen MR) is 61.0 cm³/mol. The number of hydrogen-bond donors (Lipinski definition) is 2. The van der Waals surface area contributed by atoms with Crippen LogP contribution in [0.15, 0.2) is 0 Å². The smallest absolute Gasteiger partial charge is 0.409 e. The molecular weight excluding hydrogens is 208 g/mol. The van der Waals surface area contributed by atoms with Crippen LogP contribution in [0, 0.1) is 5.92 Å². The number of piperidine rings is 1. The Morgan fingerprint density at radius 2 is 2.19 bits per heavy atom. The zero-order valence-corrected chi connectivity index (χ0v) is 9.89. The molecule has 3 N–H and O–H groups in total. The van der Waals surface area contributed by atoms with Crippen molar-refractivity contribution in [3.63, 3.8) is 0 Å². The van der Waals surface area contributed by atoms with E-state index in [2.05, 4.69) is 0 Å². The van der Waals surface area contributed by atoms with Crippen LogP contribution in [0.4, 0.5) is 4.79 Å². The van der Waals surface area contributed by atoms with E-state index in [1.54, 1.807) is 11.8 Å².